The number of rotatable bonds is 3. The van der Waals surface area contributed by atoms with Crippen LogP contribution in [0.15, 0.2) is 52.0 Å². The van der Waals surface area contributed by atoms with Crippen molar-refractivity contribution in [2.24, 2.45) is 5.10 Å². The Morgan fingerprint density at radius 1 is 1.19 bits per heavy atom. The van der Waals surface area contributed by atoms with Crippen molar-refractivity contribution in [3.63, 3.8) is 0 Å². The fraction of sp³-hybridized carbons (Fsp3) is 0.333. The summed E-state index contributed by atoms with van der Waals surface area (Å²) < 4.78 is 12.5. The minimum absolute atomic E-state index is 0.0149. The van der Waals surface area contributed by atoms with Crippen LogP contribution < -0.4 is 14.9 Å². The Labute approximate surface area is 167 Å². The number of nitrogens with one attached hydrogen (secondary N) is 1. The number of halogens is 1. The van der Waals surface area contributed by atoms with Gasteiger partial charge in [0, 0.05) is 4.47 Å². The van der Waals surface area contributed by atoms with Gasteiger partial charge in [0.15, 0.2) is 11.5 Å². The Bertz CT molecular complexity index is 887. The zero-order valence-electron chi connectivity index (χ0n) is 15.9. The number of carbonyl (C=O) groups is 1. The SMILES string of the molecule is C/C(=N/NC(=O)[C@H]1COc2ccc(C(C)(C)C)cc2O1)c1cccc(Br)c1. The Morgan fingerprint density at radius 3 is 2.67 bits per heavy atom. The third-order valence-electron chi connectivity index (χ3n) is 4.34. The van der Waals surface area contributed by atoms with E-state index in [2.05, 4.69) is 47.2 Å². The summed E-state index contributed by atoms with van der Waals surface area (Å²) in [6.45, 7) is 8.37. The minimum Gasteiger partial charge on any atom is -0.485 e. The van der Waals surface area contributed by atoms with Gasteiger partial charge in [-0.15, -0.1) is 0 Å². The molecule has 2 aromatic carbocycles. The van der Waals surface area contributed by atoms with Crippen LogP contribution in [-0.2, 0) is 10.2 Å². The molecule has 0 aliphatic carbocycles. The molecule has 1 aliphatic rings. The summed E-state index contributed by atoms with van der Waals surface area (Å²) in [7, 11) is 0. The molecule has 0 bridgehead atoms. The van der Waals surface area contributed by atoms with Crippen molar-refractivity contribution in [2.75, 3.05) is 6.61 Å². The van der Waals surface area contributed by atoms with E-state index in [1.807, 2.05) is 49.4 Å². The number of fused-ring (bicyclic) bond motifs is 1. The number of ether oxygens (including phenoxy) is 2. The predicted molar refractivity (Wildman–Crippen MR) is 110 cm³/mol. The van der Waals surface area contributed by atoms with Crippen molar-refractivity contribution in [1.29, 1.82) is 0 Å². The molecule has 0 saturated carbocycles. The van der Waals surface area contributed by atoms with Gasteiger partial charge in [-0.2, -0.15) is 5.10 Å². The van der Waals surface area contributed by atoms with Gasteiger partial charge >= 0.3 is 0 Å². The van der Waals surface area contributed by atoms with E-state index in [1.165, 1.54) is 0 Å². The molecule has 0 saturated heterocycles. The highest BCUT2D eigenvalue weighted by Gasteiger charge is 2.28. The van der Waals surface area contributed by atoms with Crippen molar-refractivity contribution >= 4 is 27.5 Å². The van der Waals surface area contributed by atoms with Crippen LogP contribution in [0.4, 0.5) is 0 Å². The summed E-state index contributed by atoms with van der Waals surface area (Å²) in [6.07, 6.45) is -0.744. The van der Waals surface area contributed by atoms with Crippen molar-refractivity contribution < 1.29 is 14.3 Å². The molecule has 142 valence electrons. The third-order valence-corrected chi connectivity index (χ3v) is 4.83. The van der Waals surface area contributed by atoms with Gasteiger partial charge in [0.1, 0.15) is 6.61 Å². The Morgan fingerprint density at radius 2 is 1.96 bits per heavy atom. The summed E-state index contributed by atoms with van der Waals surface area (Å²) >= 11 is 3.43. The van der Waals surface area contributed by atoms with Crippen LogP contribution in [0.3, 0.4) is 0 Å². The molecule has 1 N–H and O–H groups in total. The lowest BCUT2D eigenvalue weighted by atomic mass is 9.87. The van der Waals surface area contributed by atoms with Gasteiger partial charge in [-0.25, -0.2) is 5.43 Å². The molecular formula is C21H23BrN2O3. The van der Waals surface area contributed by atoms with Crippen LogP contribution in [0.25, 0.3) is 0 Å². The molecule has 1 aliphatic heterocycles. The molecule has 3 rings (SSSR count). The molecule has 6 heteroatoms. The topological polar surface area (TPSA) is 59.9 Å². The van der Waals surface area contributed by atoms with Gasteiger partial charge in [-0.05, 0) is 47.7 Å². The highest BCUT2D eigenvalue weighted by atomic mass is 79.9. The van der Waals surface area contributed by atoms with Crippen LogP contribution in [-0.4, -0.2) is 24.3 Å². The van der Waals surface area contributed by atoms with Gasteiger partial charge < -0.3 is 9.47 Å². The van der Waals surface area contributed by atoms with E-state index in [4.69, 9.17) is 9.47 Å². The molecule has 1 heterocycles. The zero-order valence-corrected chi connectivity index (χ0v) is 17.5. The maximum atomic E-state index is 12.5. The Hall–Kier alpha value is -2.34. The predicted octanol–water partition coefficient (Wildman–Crippen LogP) is 4.43. The first-order chi connectivity index (χ1) is 12.7. The lowest BCUT2D eigenvalue weighted by molar-refractivity contribution is -0.130. The highest BCUT2D eigenvalue weighted by Crippen LogP contribution is 2.36. The number of nitrogens with zero attached hydrogens (tertiary/aromatic N) is 1. The van der Waals surface area contributed by atoms with E-state index in [0.717, 1.165) is 15.6 Å². The lowest BCUT2D eigenvalue weighted by Crippen LogP contribution is -2.42. The average molecular weight is 431 g/mol. The first kappa shape index (κ1) is 19.4. The van der Waals surface area contributed by atoms with Crippen LogP contribution in [0, 0.1) is 0 Å². The van der Waals surface area contributed by atoms with Crippen molar-refractivity contribution in [2.45, 2.75) is 39.2 Å². The summed E-state index contributed by atoms with van der Waals surface area (Å²) in [6, 6.07) is 13.6. The molecule has 2 aromatic rings. The molecule has 27 heavy (non-hydrogen) atoms. The van der Waals surface area contributed by atoms with E-state index in [0.29, 0.717) is 17.2 Å². The molecule has 1 atom stereocenters. The number of hydrazone groups is 1. The van der Waals surface area contributed by atoms with E-state index in [1.54, 1.807) is 0 Å². The lowest BCUT2D eigenvalue weighted by Gasteiger charge is -2.27. The molecule has 0 spiro atoms. The standard InChI is InChI=1S/C21H23BrN2O3/c1-13(14-6-5-7-16(22)10-14)23-24-20(25)19-12-26-17-9-8-15(21(2,3)4)11-18(17)27-19/h5-11,19H,12H2,1-4H3,(H,24,25)/b23-13-/t19-/m1/s1. The van der Waals surface area contributed by atoms with Gasteiger partial charge in [0.05, 0.1) is 5.71 Å². The van der Waals surface area contributed by atoms with E-state index >= 15 is 0 Å². The monoisotopic (exact) mass is 430 g/mol. The Kier molecular flexibility index (Phi) is 5.56. The fourth-order valence-electron chi connectivity index (χ4n) is 2.66. The van der Waals surface area contributed by atoms with Gasteiger partial charge in [0.25, 0.3) is 5.91 Å². The molecule has 0 fully saturated rings. The van der Waals surface area contributed by atoms with Crippen molar-refractivity contribution in [3.8, 4) is 11.5 Å². The quantitative estimate of drug-likeness (QED) is 0.578. The number of hydrogen-bond donors (Lipinski definition) is 1. The number of benzene rings is 2. The van der Waals surface area contributed by atoms with Crippen LogP contribution in [0.2, 0.25) is 0 Å². The van der Waals surface area contributed by atoms with Crippen molar-refractivity contribution in [3.05, 3.63) is 58.1 Å². The maximum Gasteiger partial charge on any atom is 0.284 e. The van der Waals surface area contributed by atoms with E-state index < -0.39 is 6.10 Å². The zero-order chi connectivity index (χ0) is 19.6. The first-order valence-corrected chi connectivity index (χ1v) is 9.57. The molecular weight excluding hydrogens is 408 g/mol. The molecule has 0 unspecified atom stereocenters. The summed E-state index contributed by atoms with van der Waals surface area (Å²) in [5, 5.41) is 4.18. The number of carbonyl (C=O) groups excluding carboxylic acids is 1. The molecule has 1 amide bonds. The number of hydrogen-bond acceptors (Lipinski definition) is 4. The molecule has 5 nitrogen and oxygen atoms in total. The fourth-order valence-corrected chi connectivity index (χ4v) is 3.06. The van der Waals surface area contributed by atoms with Gasteiger partial charge in [-0.3, -0.25) is 4.79 Å². The van der Waals surface area contributed by atoms with Crippen LogP contribution in [0.5, 0.6) is 11.5 Å². The first-order valence-electron chi connectivity index (χ1n) is 8.78. The number of amides is 1. The van der Waals surface area contributed by atoms with E-state index in [9.17, 15) is 4.79 Å². The largest absolute Gasteiger partial charge is 0.485 e. The highest BCUT2D eigenvalue weighted by molar-refractivity contribution is 9.10. The van der Waals surface area contributed by atoms with Gasteiger partial charge in [0.2, 0.25) is 6.10 Å². The van der Waals surface area contributed by atoms with Crippen LogP contribution in [0.1, 0.15) is 38.8 Å². The smallest absolute Gasteiger partial charge is 0.284 e. The summed E-state index contributed by atoms with van der Waals surface area (Å²) in [5.41, 5.74) is 5.31. The normalized spacial score (nSPS) is 16.8. The Balaban J connectivity index is 1.69. The second-order valence-electron chi connectivity index (χ2n) is 7.51. The summed E-state index contributed by atoms with van der Waals surface area (Å²) in [4.78, 5) is 12.5. The molecule has 0 radical (unpaired) electrons. The third kappa shape index (κ3) is 4.69. The van der Waals surface area contributed by atoms with Gasteiger partial charge in [-0.1, -0.05) is 54.9 Å². The van der Waals surface area contributed by atoms with E-state index in [-0.39, 0.29) is 17.9 Å². The minimum atomic E-state index is -0.744. The maximum absolute atomic E-state index is 12.5. The summed E-state index contributed by atoms with van der Waals surface area (Å²) in [5.74, 6) is 0.901. The second-order valence-corrected chi connectivity index (χ2v) is 8.43. The van der Waals surface area contributed by atoms with Crippen LogP contribution >= 0.6 is 15.9 Å². The average Bonchev–Trinajstić information content (AvgIpc) is 2.64. The molecule has 0 aromatic heterocycles. The van der Waals surface area contributed by atoms with Crippen molar-refractivity contribution in [1.82, 2.24) is 5.43 Å². The second kappa shape index (κ2) is 7.72.